The first kappa shape index (κ1) is 21.9. The van der Waals surface area contributed by atoms with Crippen LogP contribution >= 0.6 is 24.7 Å². The van der Waals surface area contributed by atoms with Crippen molar-refractivity contribution in [2.24, 2.45) is 0 Å². The Balaban J connectivity index is 1.70. The fourth-order valence-electron chi connectivity index (χ4n) is 2.58. The Kier molecular flexibility index (Phi) is 16.1. The predicted octanol–water partition coefficient (Wildman–Crippen LogP) is 6.56. The van der Waals surface area contributed by atoms with Gasteiger partial charge in [-0.25, -0.2) is 0 Å². The van der Waals surface area contributed by atoms with E-state index in [2.05, 4.69) is 47.4 Å². The van der Waals surface area contributed by atoms with E-state index in [1.807, 2.05) is 11.8 Å². The highest BCUT2D eigenvalue weighted by Crippen LogP contribution is 2.19. The second-order valence-corrected chi connectivity index (χ2v) is 7.57. The molecular formula is C20H34O2S2. The molecule has 0 heterocycles. The van der Waals surface area contributed by atoms with Crippen LogP contribution < -0.4 is 0 Å². The number of rotatable bonds is 17. The first-order valence-corrected chi connectivity index (χ1v) is 10.8. The third-order valence-electron chi connectivity index (χ3n) is 3.97. The third-order valence-corrected chi connectivity index (χ3v) is 5.25. The number of thioether (sulfide) groups is 1. The van der Waals surface area contributed by atoms with E-state index < -0.39 is 0 Å². The molecule has 0 saturated carbocycles. The molecule has 0 saturated heterocycles. The molecule has 1 aromatic carbocycles. The molecule has 0 bridgehead atoms. The standard InChI is InChI=1S/C20H34O2S2/c23-22-18-13-17-21-16-11-6-4-2-1-3-5-7-12-19-24-20-14-9-8-10-15-20/h8-10,14-15,23H,1-7,11-13,16-19H2. The van der Waals surface area contributed by atoms with Gasteiger partial charge in [0.25, 0.3) is 0 Å². The lowest BCUT2D eigenvalue weighted by Gasteiger charge is -2.04. The van der Waals surface area contributed by atoms with Crippen LogP contribution in [0.1, 0.15) is 64.2 Å². The number of thiol groups is 1. The van der Waals surface area contributed by atoms with Crippen molar-refractivity contribution in [2.45, 2.75) is 69.1 Å². The van der Waals surface area contributed by atoms with E-state index in [0.29, 0.717) is 6.61 Å². The van der Waals surface area contributed by atoms with Crippen LogP contribution in [-0.4, -0.2) is 25.6 Å². The topological polar surface area (TPSA) is 18.5 Å². The summed E-state index contributed by atoms with van der Waals surface area (Å²) < 4.78 is 10.2. The van der Waals surface area contributed by atoms with Crippen molar-refractivity contribution in [1.82, 2.24) is 0 Å². The average molecular weight is 371 g/mol. The second-order valence-electron chi connectivity index (χ2n) is 6.14. The first-order valence-electron chi connectivity index (χ1n) is 9.45. The molecule has 0 N–H and O–H groups in total. The minimum atomic E-state index is 0.675. The molecule has 0 aromatic heterocycles. The van der Waals surface area contributed by atoms with E-state index in [-0.39, 0.29) is 0 Å². The van der Waals surface area contributed by atoms with Crippen LogP contribution in [0, 0.1) is 0 Å². The number of hydrogen-bond acceptors (Lipinski definition) is 4. The third kappa shape index (κ3) is 14.2. The first-order chi connectivity index (χ1) is 11.9. The number of benzene rings is 1. The molecule has 0 amide bonds. The number of unbranched alkanes of at least 4 members (excludes halogenated alkanes) is 8. The molecule has 1 aromatic rings. The zero-order chi connectivity index (χ0) is 17.1. The smallest absolute Gasteiger partial charge is 0.0632 e. The van der Waals surface area contributed by atoms with E-state index in [4.69, 9.17) is 4.74 Å². The van der Waals surface area contributed by atoms with Crippen LogP contribution in [0.25, 0.3) is 0 Å². The largest absolute Gasteiger partial charge is 0.381 e. The zero-order valence-corrected chi connectivity index (χ0v) is 16.7. The van der Waals surface area contributed by atoms with Crippen molar-refractivity contribution in [3.63, 3.8) is 0 Å². The van der Waals surface area contributed by atoms with Crippen molar-refractivity contribution in [2.75, 3.05) is 25.6 Å². The quantitative estimate of drug-likeness (QED) is 0.145. The summed E-state index contributed by atoms with van der Waals surface area (Å²) in [6, 6.07) is 10.7. The molecule has 0 fully saturated rings. The Bertz CT molecular complexity index is 360. The van der Waals surface area contributed by atoms with Gasteiger partial charge in [-0.05, 0) is 50.1 Å². The van der Waals surface area contributed by atoms with Gasteiger partial charge in [-0.3, -0.25) is 0 Å². The summed E-state index contributed by atoms with van der Waals surface area (Å²) in [5.74, 6) is 1.25. The summed E-state index contributed by atoms with van der Waals surface area (Å²) in [5, 5.41) is 0. The molecule has 0 aliphatic heterocycles. The lowest BCUT2D eigenvalue weighted by atomic mass is 10.1. The molecule has 2 nitrogen and oxygen atoms in total. The van der Waals surface area contributed by atoms with Crippen molar-refractivity contribution < 1.29 is 8.92 Å². The molecule has 0 aliphatic rings. The Hall–Kier alpha value is -0.160. The second kappa shape index (κ2) is 17.7. The molecule has 0 radical (unpaired) electrons. The summed E-state index contributed by atoms with van der Waals surface area (Å²) in [4.78, 5) is 1.40. The Morgan fingerprint density at radius 2 is 1.25 bits per heavy atom. The summed E-state index contributed by atoms with van der Waals surface area (Å²) in [7, 11) is 0. The molecule has 4 heteroatoms. The van der Waals surface area contributed by atoms with Gasteiger partial charge in [-0.1, -0.05) is 63.1 Å². The summed E-state index contributed by atoms with van der Waals surface area (Å²) in [5.41, 5.74) is 0. The molecule has 138 valence electrons. The van der Waals surface area contributed by atoms with Crippen molar-refractivity contribution >= 4 is 24.7 Å². The highest BCUT2D eigenvalue weighted by molar-refractivity contribution is 7.99. The maximum atomic E-state index is 5.53. The van der Waals surface area contributed by atoms with Crippen LogP contribution in [0.5, 0.6) is 0 Å². The fourth-order valence-corrected chi connectivity index (χ4v) is 3.64. The van der Waals surface area contributed by atoms with Crippen molar-refractivity contribution in [3.8, 4) is 0 Å². The minimum Gasteiger partial charge on any atom is -0.381 e. The maximum Gasteiger partial charge on any atom is 0.0632 e. The summed E-state index contributed by atoms with van der Waals surface area (Å²) in [6.45, 7) is 2.36. The van der Waals surface area contributed by atoms with Gasteiger partial charge in [0.05, 0.1) is 6.61 Å². The van der Waals surface area contributed by atoms with Gasteiger partial charge in [0, 0.05) is 18.1 Å². The van der Waals surface area contributed by atoms with Crippen LogP contribution in [-0.2, 0) is 8.92 Å². The maximum absolute atomic E-state index is 5.53. The number of ether oxygens (including phenoxy) is 1. The van der Waals surface area contributed by atoms with Gasteiger partial charge < -0.3 is 8.92 Å². The Morgan fingerprint density at radius 1 is 0.667 bits per heavy atom. The molecular weight excluding hydrogens is 336 g/mol. The van der Waals surface area contributed by atoms with Gasteiger partial charge >= 0.3 is 0 Å². The van der Waals surface area contributed by atoms with Crippen molar-refractivity contribution in [1.29, 1.82) is 0 Å². The highest BCUT2D eigenvalue weighted by Gasteiger charge is 1.95. The SMILES string of the molecule is SOCCCOCCCCCCCCCCCSc1ccccc1. The van der Waals surface area contributed by atoms with Gasteiger partial charge in [-0.2, -0.15) is 0 Å². The van der Waals surface area contributed by atoms with E-state index >= 15 is 0 Å². The molecule has 24 heavy (non-hydrogen) atoms. The predicted molar refractivity (Wildman–Crippen MR) is 109 cm³/mol. The van der Waals surface area contributed by atoms with Crippen LogP contribution in [0.2, 0.25) is 0 Å². The number of hydrogen-bond donors (Lipinski definition) is 1. The Morgan fingerprint density at radius 3 is 1.92 bits per heavy atom. The summed E-state index contributed by atoms with van der Waals surface area (Å²) >= 11 is 5.69. The Labute approximate surface area is 158 Å². The molecule has 0 aliphatic carbocycles. The van der Waals surface area contributed by atoms with Gasteiger partial charge in [0.2, 0.25) is 0 Å². The van der Waals surface area contributed by atoms with E-state index in [9.17, 15) is 0 Å². The van der Waals surface area contributed by atoms with E-state index in [0.717, 1.165) is 19.6 Å². The molecule has 0 atom stereocenters. The molecule has 0 unspecified atom stereocenters. The zero-order valence-electron chi connectivity index (χ0n) is 15.0. The van der Waals surface area contributed by atoms with Gasteiger partial charge in [-0.15, -0.1) is 11.8 Å². The van der Waals surface area contributed by atoms with Gasteiger partial charge in [0.15, 0.2) is 0 Å². The van der Waals surface area contributed by atoms with Crippen LogP contribution in [0.4, 0.5) is 0 Å². The summed E-state index contributed by atoms with van der Waals surface area (Å²) in [6.07, 6.45) is 13.1. The van der Waals surface area contributed by atoms with E-state index in [1.165, 1.54) is 68.4 Å². The lowest BCUT2D eigenvalue weighted by molar-refractivity contribution is 0.118. The van der Waals surface area contributed by atoms with Crippen molar-refractivity contribution in [3.05, 3.63) is 30.3 Å². The van der Waals surface area contributed by atoms with Gasteiger partial charge in [0.1, 0.15) is 0 Å². The van der Waals surface area contributed by atoms with Crippen LogP contribution in [0.15, 0.2) is 35.2 Å². The average Bonchev–Trinajstić information content (AvgIpc) is 2.62. The van der Waals surface area contributed by atoms with Crippen LogP contribution in [0.3, 0.4) is 0 Å². The molecule has 1 rings (SSSR count). The van der Waals surface area contributed by atoms with E-state index in [1.54, 1.807) is 0 Å². The highest BCUT2D eigenvalue weighted by atomic mass is 32.2. The molecule has 0 spiro atoms. The lowest BCUT2D eigenvalue weighted by Crippen LogP contribution is -1.99. The normalized spacial score (nSPS) is 11.0. The minimum absolute atomic E-state index is 0.675. The monoisotopic (exact) mass is 370 g/mol. The fraction of sp³-hybridized carbons (Fsp3) is 0.700.